The average Bonchev–Trinajstić information content (AvgIpc) is 2.57. The lowest BCUT2D eigenvalue weighted by Crippen LogP contribution is -2.47. The van der Waals surface area contributed by atoms with Gasteiger partial charge in [0.1, 0.15) is 5.82 Å². The molecule has 0 radical (unpaired) electrons. The molecule has 2 aromatic rings. The standard InChI is InChI=1S/C18H18Br2FNO2/c1-18(11-23,14-9-13(19)7-8-16(14)21)22-17(24)10-15(20)12-5-3-2-4-6-12/h2-9,15,23H,10-11H2,1H3,(H,22,24)/t15-,18+/m0/s1. The Balaban J connectivity index is 2.14. The van der Waals surface area contributed by atoms with Gasteiger partial charge in [0.15, 0.2) is 0 Å². The summed E-state index contributed by atoms with van der Waals surface area (Å²) in [5, 5.41) is 12.5. The number of aliphatic hydroxyl groups is 1. The molecule has 0 bridgehead atoms. The van der Waals surface area contributed by atoms with Crippen LogP contribution < -0.4 is 5.32 Å². The van der Waals surface area contributed by atoms with Crippen molar-refractivity contribution in [2.45, 2.75) is 23.7 Å². The summed E-state index contributed by atoms with van der Waals surface area (Å²) >= 11 is 6.78. The number of aliphatic hydroxyl groups excluding tert-OH is 1. The highest BCUT2D eigenvalue weighted by Crippen LogP contribution is 2.29. The zero-order valence-electron chi connectivity index (χ0n) is 13.1. The number of hydrogen-bond acceptors (Lipinski definition) is 2. The predicted molar refractivity (Wildman–Crippen MR) is 99.4 cm³/mol. The van der Waals surface area contributed by atoms with E-state index >= 15 is 0 Å². The molecule has 2 atom stereocenters. The minimum Gasteiger partial charge on any atom is -0.394 e. The smallest absolute Gasteiger partial charge is 0.222 e. The number of hydrogen-bond donors (Lipinski definition) is 2. The molecule has 0 saturated carbocycles. The molecule has 1 amide bonds. The van der Waals surface area contributed by atoms with Crippen LogP contribution in [-0.4, -0.2) is 17.6 Å². The fourth-order valence-electron chi connectivity index (χ4n) is 2.41. The number of carbonyl (C=O) groups is 1. The highest BCUT2D eigenvalue weighted by atomic mass is 79.9. The number of alkyl halides is 1. The maximum absolute atomic E-state index is 14.1. The van der Waals surface area contributed by atoms with Crippen molar-refractivity contribution < 1.29 is 14.3 Å². The maximum atomic E-state index is 14.1. The van der Waals surface area contributed by atoms with Crippen molar-refractivity contribution in [2.24, 2.45) is 0 Å². The largest absolute Gasteiger partial charge is 0.394 e. The molecule has 0 aromatic heterocycles. The molecule has 6 heteroatoms. The topological polar surface area (TPSA) is 49.3 Å². The van der Waals surface area contributed by atoms with Gasteiger partial charge in [-0.25, -0.2) is 4.39 Å². The van der Waals surface area contributed by atoms with E-state index in [0.717, 1.165) is 5.56 Å². The Morgan fingerprint density at radius 2 is 1.96 bits per heavy atom. The lowest BCUT2D eigenvalue weighted by atomic mass is 9.92. The molecule has 2 aromatic carbocycles. The summed E-state index contributed by atoms with van der Waals surface area (Å²) in [6, 6.07) is 14.0. The van der Waals surface area contributed by atoms with Gasteiger partial charge in [-0.05, 0) is 30.7 Å². The van der Waals surface area contributed by atoms with Crippen molar-refractivity contribution in [1.82, 2.24) is 5.32 Å². The second kappa shape index (κ2) is 8.23. The van der Waals surface area contributed by atoms with Crippen molar-refractivity contribution in [1.29, 1.82) is 0 Å². The molecule has 2 rings (SSSR count). The zero-order valence-corrected chi connectivity index (χ0v) is 16.3. The fourth-order valence-corrected chi connectivity index (χ4v) is 3.37. The highest BCUT2D eigenvalue weighted by molar-refractivity contribution is 9.10. The van der Waals surface area contributed by atoms with Crippen LogP contribution in [0.4, 0.5) is 4.39 Å². The molecule has 2 N–H and O–H groups in total. The number of amides is 1. The minimum atomic E-state index is -1.20. The van der Waals surface area contributed by atoms with Crippen molar-refractivity contribution in [3.63, 3.8) is 0 Å². The summed E-state index contributed by atoms with van der Waals surface area (Å²) in [7, 11) is 0. The van der Waals surface area contributed by atoms with Gasteiger partial charge in [-0.2, -0.15) is 0 Å². The minimum absolute atomic E-state index is 0.158. The van der Waals surface area contributed by atoms with Crippen molar-refractivity contribution in [3.05, 3.63) is 69.9 Å². The van der Waals surface area contributed by atoms with Gasteiger partial charge < -0.3 is 10.4 Å². The Labute approximate surface area is 157 Å². The van der Waals surface area contributed by atoms with Gasteiger partial charge in [-0.15, -0.1) is 0 Å². The SMILES string of the molecule is C[C@](CO)(NC(=O)C[C@H](Br)c1ccccc1)c1cc(Br)ccc1F. The van der Waals surface area contributed by atoms with E-state index in [9.17, 15) is 14.3 Å². The van der Waals surface area contributed by atoms with Gasteiger partial charge in [-0.1, -0.05) is 62.2 Å². The van der Waals surface area contributed by atoms with Gasteiger partial charge in [0.25, 0.3) is 0 Å². The lowest BCUT2D eigenvalue weighted by molar-refractivity contribution is -0.123. The molecular formula is C18H18Br2FNO2. The Bertz CT molecular complexity index is 711. The Kier molecular flexibility index (Phi) is 6.54. The molecule has 128 valence electrons. The Hall–Kier alpha value is -1.24. The number of carbonyl (C=O) groups excluding carboxylic acids is 1. The average molecular weight is 459 g/mol. The van der Waals surface area contributed by atoms with Gasteiger partial charge in [0.2, 0.25) is 5.91 Å². The summed E-state index contributed by atoms with van der Waals surface area (Å²) in [5.74, 6) is -0.759. The first-order chi connectivity index (χ1) is 11.4. The normalized spacial score (nSPS) is 14.7. The van der Waals surface area contributed by atoms with Crippen LogP contribution in [-0.2, 0) is 10.3 Å². The second-order valence-electron chi connectivity index (χ2n) is 5.74. The Morgan fingerprint density at radius 1 is 1.29 bits per heavy atom. The monoisotopic (exact) mass is 457 g/mol. The molecule has 0 fully saturated rings. The first-order valence-corrected chi connectivity index (χ1v) is 9.13. The van der Waals surface area contributed by atoms with Crippen LogP contribution in [0, 0.1) is 5.82 Å². The fraction of sp³-hybridized carbons (Fsp3) is 0.278. The van der Waals surface area contributed by atoms with Crippen molar-refractivity contribution >= 4 is 37.8 Å². The van der Waals surface area contributed by atoms with Crippen LogP contribution in [0.15, 0.2) is 53.0 Å². The van der Waals surface area contributed by atoms with Crippen molar-refractivity contribution in [3.8, 4) is 0 Å². The van der Waals surface area contributed by atoms with Crippen molar-refractivity contribution in [2.75, 3.05) is 6.61 Å². The quantitative estimate of drug-likeness (QED) is 0.628. The predicted octanol–water partition coefficient (Wildman–Crippen LogP) is 4.44. The van der Waals surface area contributed by atoms with Crippen LogP contribution in [0.3, 0.4) is 0 Å². The van der Waals surface area contributed by atoms with E-state index in [4.69, 9.17) is 0 Å². The van der Waals surface area contributed by atoms with Gasteiger partial charge >= 0.3 is 0 Å². The third-order valence-electron chi connectivity index (χ3n) is 3.78. The highest BCUT2D eigenvalue weighted by Gasteiger charge is 2.31. The van der Waals surface area contributed by atoms with E-state index in [-0.39, 0.29) is 22.7 Å². The third-order valence-corrected chi connectivity index (χ3v) is 5.13. The van der Waals surface area contributed by atoms with Crippen LogP contribution >= 0.6 is 31.9 Å². The number of halogens is 3. The van der Waals surface area contributed by atoms with E-state index in [1.54, 1.807) is 19.1 Å². The van der Waals surface area contributed by atoms with Gasteiger partial charge in [0, 0.05) is 21.3 Å². The number of benzene rings is 2. The van der Waals surface area contributed by atoms with E-state index in [1.807, 2.05) is 30.3 Å². The van der Waals surface area contributed by atoms with Crippen LogP contribution in [0.25, 0.3) is 0 Å². The number of nitrogens with one attached hydrogen (secondary N) is 1. The molecule has 0 heterocycles. The summed E-state index contributed by atoms with van der Waals surface area (Å²) in [6.07, 6.45) is 0.176. The molecule has 24 heavy (non-hydrogen) atoms. The third kappa shape index (κ3) is 4.65. The molecule has 0 aliphatic rings. The molecule has 0 saturated heterocycles. The molecule has 0 spiro atoms. The summed E-state index contributed by atoms with van der Waals surface area (Å²) in [5.41, 5.74) is 0.0134. The van der Waals surface area contributed by atoms with E-state index < -0.39 is 18.0 Å². The summed E-state index contributed by atoms with van der Waals surface area (Å²) in [4.78, 5) is 12.2. The number of rotatable bonds is 6. The first kappa shape index (κ1) is 19.1. The van der Waals surface area contributed by atoms with Gasteiger partial charge in [0.05, 0.1) is 12.1 Å². The van der Waals surface area contributed by atoms with Crippen LogP contribution in [0.5, 0.6) is 0 Å². The molecule has 0 aliphatic carbocycles. The molecule has 0 unspecified atom stereocenters. The molecular weight excluding hydrogens is 441 g/mol. The van der Waals surface area contributed by atoms with Gasteiger partial charge in [-0.3, -0.25) is 4.79 Å². The maximum Gasteiger partial charge on any atom is 0.222 e. The summed E-state index contributed by atoms with van der Waals surface area (Å²) in [6.45, 7) is 1.19. The van der Waals surface area contributed by atoms with E-state index in [2.05, 4.69) is 37.2 Å². The van der Waals surface area contributed by atoms with E-state index in [1.165, 1.54) is 6.07 Å². The zero-order chi connectivity index (χ0) is 17.7. The first-order valence-electron chi connectivity index (χ1n) is 7.42. The Morgan fingerprint density at radius 3 is 2.58 bits per heavy atom. The molecule has 0 aliphatic heterocycles. The van der Waals surface area contributed by atoms with Crippen LogP contribution in [0.2, 0.25) is 0 Å². The molecule has 3 nitrogen and oxygen atoms in total. The van der Waals surface area contributed by atoms with Crippen LogP contribution in [0.1, 0.15) is 29.3 Å². The van der Waals surface area contributed by atoms with E-state index in [0.29, 0.717) is 4.47 Å². The second-order valence-corrected chi connectivity index (χ2v) is 7.77. The summed E-state index contributed by atoms with van der Waals surface area (Å²) < 4.78 is 14.8. The lowest BCUT2D eigenvalue weighted by Gasteiger charge is -2.30.